The lowest BCUT2D eigenvalue weighted by Crippen LogP contribution is -2.31. The van der Waals surface area contributed by atoms with Crippen LogP contribution in [-0.4, -0.2) is 37.8 Å². The molecule has 4 heteroatoms. The standard InChI is InChI=1S/C14H21NO3/c1-9-13-11(5-6-15(9)2)14(18-4)10(8-16)7-12(13)17-3/h7,9,16H,5-6,8H2,1-4H3. The summed E-state index contributed by atoms with van der Waals surface area (Å²) in [5, 5.41) is 9.44. The maximum atomic E-state index is 9.44. The van der Waals surface area contributed by atoms with Crippen molar-refractivity contribution in [2.45, 2.75) is 26.0 Å². The SMILES string of the molecule is COc1cc(CO)c(OC)c2c1C(C)N(C)CC2. The smallest absolute Gasteiger partial charge is 0.128 e. The third kappa shape index (κ3) is 1.95. The van der Waals surface area contributed by atoms with E-state index in [0.717, 1.165) is 30.0 Å². The number of aliphatic hydroxyl groups is 1. The molecule has 1 aromatic carbocycles. The van der Waals surface area contributed by atoms with Crippen LogP contribution in [0.4, 0.5) is 0 Å². The second-order valence-electron chi connectivity index (χ2n) is 4.73. The fourth-order valence-electron chi connectivity index (χ4n) is 2.72. The van der Waals surface area contributed by atoms with Gasteiger partial charge in [0.25, 0.3) is 0 Å². The molecule has 4 nitrogen and oxygen atoms in total. The molecule has 1 aliphatic rings. The van der Waals surface area contributed by atoms with Crippen LogP contribution in [0.1, 0.15) is 29.7 Å². The van der Waals surface area contributed by atoms with E-state index in [9.17, 15) is 5.11 Å². The number of likely N-dealkylation sites (N-methyl/N-ethyl adjacent to an activating group) is 1. The van der Waals surface area contributed by atoms with Gasteiger partial charge in [0.15, 0.2) is 0 Å². The van der Waals surface area contributed by atoms with Crippen molar-refractivity contribution in [1.29, 1.82) is 0 Å². The van der Waals surface area contributed by atoms with Crippen LogP contribution in [-0.2, 0) is 13.0 Å². The van der Waals surface area contributed by atoms with Crippen molar-refractivity contribution < 1.29 is 14.6 Å². The fraction of sp³-hybridized carbons (Fsp3) is 0.571. The summed E-state index contributed by atoms with van der Waals surface area (Å²) < 4.78 is 11.0. The van der Waals surface area contributed by atoms with Crippen LogP contribution in [0.15, 0.2) is 6.07 Å². The summed E-state index contributed by atoms with van der Waals surface area (Å²) in [4.78, 5) is 2.29. The molecule has 0 spiro atoms. The second kappa shape index (κ2) is 5.16. The maximum absolute atomic E-state index is 9.44. The lowest BCUT2D eigenvalue weighted by molar-refractivity contribution is 0.233. The molecule has 1 heterocycles. The van der Waals surface area contributed by atoms with Crippen molar-refractivity contribution in [3.8, 4) is 11.5 Å². The molecule has 0 saturated heterocycles. The van der Waals surface area contributed by atoms with Gasteiger partial charge in [-0.3, -0.25) is 4.90 Å². The average Bonchev–Trinajstić information content (AvgIpc) is 2.40. The van der Waals surface area contributed by atoms with E-state index in [1.807, 2.05) is 6.07 Å². The molecule has 0 bridgehead atoms. The molecular weight excluding hydrogens is 230 g/mol. The Morgan fingerprint density at radius 3 is 2.67 bits per heavy atom. The summed E-state index contributed by atoms with van der Waals surface area (Å²) in [6.07, 6.45) is 0.920. The van der Waals surface area contributed by atoms with Gasteiger partial charge in [-0.15, -0.1) is 0 Å². The Balaban J connectivity index is 2.66. The van der Waals surface area contributed by atoms with Crippen molar-refractivity contribution >= 4 is 0 Å². The van der Waals surface area contributed by atoms with Crippen molar-refractivity contribution in [2.24, 2.45) is 0 Å². The van der Waals surface area contributed by atoms with Crippen LogP contribution in [0.3, 0.4) is 0 Å². The van der Waals surface area contributed by atoms with Crippen molar-refractivity contribution in [1.82, 2.24) is 4.90 Å². The monoisotopic (exact) mass is 251 g/mol. The molecular formula is C14H21NO3. The summed E-state index contributed by atoms with van der Waals surface area (Å²) in [5.41, 5.74) is 3.15. The number of hydrogen-bond acceptors (Lipinski definition) is 4. The van der Waals surface area contributed by atoms with Crippen LogP contribution in [0.5, 0.6) is 11.5 Å². The Labute approximate surface area is 108 Å². The Hall–Kier alpha value is -1.26. The number of rotatable bonds is 3. The van der Waals surface area contributed by atoms with Gasteiger partial charge in [0.05, 0.1) is 20.8 Å². The number of fused-ring (bicyclic) bond motifs is 1. The second-order valence-corrected chi connectivity index (χ2v) is 4.73. The van der Waals surface area contributed by atoms with Crippen LogP contribution in [0.25, 0.3) is 0 Å². The number of hydrogen-bond donors (Lipinski definition) is 1. The predicted molar refractivity (Wildman–Crippen MR) is 70.2 cm³/mol. The Kier molecular flexibility index (Phi) is 3.78. The highest BCUT2D eigenvalue weighted by Gasteiger charge is 2.28. The Morgan fingerprint density at radius 1 is 1.39 bits per heavy atom. The van der Waals surface area contributed by atoms with Crippen LogP contribution < -0.4 is 9.47 Å². The molecule has 1 N–H and O–H groups in total. The molecule has 18 heavy (non-hydrogen) atoms. The Bertz CT molecular complexity index is 445. The van der Waals surface area contributed by atoms with Crippen molar-refractivity contribution in [3.05, 3.63) is 22.8 Å². The van der Waals surface area contributed by atoms with Gasteiger partial charge in [-0.25, -0.2) is 0 Å². The number of benzene rings is 1. The topological polar surface area (TPSA) is 41.9 Å². The molecule has 1 unspecified atom stereocenters. The van der Waals surface area contributed by atoms with Crippen molar-refractivity contribution in [3.63, 3.8) is 0 Å². The highest BCUT2D eigenvalue weighted by Crippen LogP contribution is 2.42. The normalized spacial score (nSPS) is 19.5. The average molecular weight is 251 g/mol. The minimum absolute atomic E-state index is 0.0307. The Morgan fingerprint density at radius 2 is 2.11 bits per heavy atom. The van der Waals surface area contributed by atoms with E-state index in [-0.39, 0.29) is 6.61 Å². The summed E-state index contributed by atoms with van der Waals surface area (Å²) in [7, 11) is 5.44. The highest BCUT2D eigenvalue weighted by molar-refractivity contribution is 5.55. The molecule has 2 rings (SSSR count). The molecule has 100 valence electrons. The van der Waals surface area contributed by atoms with Gasteiger partial charge in [0.2, 0.25) is 0 Å². The number of methoxy groups -OCH3 is 2. The van der Waals surface area contributed by atoms with E-state index in [0.29, 0.717) is 6.04 Å². The number of nitrogens with zero attached hydrogens (tertiary/aromatic N) is 1. The molecule has 0 amide bonds. The van der Waals surface area contributed by atoms with Gasteiger partial charge < -0.3 is 14.6 Å². The van der Waals surface area contributed by atoms with Gasteiger partial charge >= 0.3 is 0 Å². The summed E-state index contributed by atoms with van der Waals surface area (Å²) in [6, 6.07) is 2.18. The van der Waals surface area contributed by atoms with Gasteiger partial charge in [-0.05, 0) is 26.5 Å². The van der Waals surface area contributed by atoms with Crippen LogP contribution in [0, 0.1) is 0 Å². The summed E-state index contributed by atoms with van der Waals surface area (Å²) in [6.45, 7) is 3.12. The molecule has 1 atom stereocenters. The van der Waals surface area contributed by atoms with Crippen molar-refractivity contribution in [2.75, 3.05) is 27.8 Å². The van der Waals surface area contributed by atoms with E-state index in [1.54, 1.807) is 14.2 Å². The maximum Gasteiger partial charge on any atom is 0.128 e. The molecule has 0 aromatic heterocycles. The van der Waals surface area contributed by atoms with E-state index in [2.05, 4.69) is 18.9 Å². The lowest BCUT2D eigenvalue weighted by atomic mass is 9.90. The first-order valence-electron chi connectivity index (χ1n) is 6.21. The van der Waals surface area contributed by atoms with E-state index < -0.39 is 0 Å². The molecule has 1 aliphatic heterocycles. The fourth-order valence-corrected chi connectivity index (χ4v) is 2.72. The van der Waals surface area contributed by atoms with Crippen LogP contribution in [0.2, 0.25) is 0 Å². The predicted octanol–water partition coefficient (Wildman–Crippen LogP) is 1.75. The molecule has 0 radical (unpaired) electrons. The minimum Gasteiger partial charge on any atom is -0.496 e. The zero-order chi connectivity index (χ0) is 13.3. The third-order valence-electron chi connectivity index (χ3n) is 3.85. The number of ether oxygens (including phenoxy) is 2. The first-order chi connectivity index (χ1) is 8.63. The first kappa shape index (κ1) is 13.2. The van der Waals surface area contributed by atoms with Gasteiger partial charge in [0, 0.05) is 29.3 Å². The molecule has 0 saturated carbocycles. The van der Waals surface area contributed by atoms with Gasteiger partial charge in [-0.1, -0.05) is 0 Å². The molecule has 1 aromatic rings. The summed E-state index contributed by atoms with van der Waals surface area (Å²) in [5.74, 6) is 1.65. The third-order valence-corrected chi connectivity index (χ3v) is 3.85. The zero-order valence-corrected chi connectivity index (χ0v) is 11.5. The van der Waals surface area contributed by atoms with Gasteiger partial charge in [0.1, 0.15) is 11.5 Å². The van der Waals surface area contributed by atoms with E-state index in [1.165, 1.54) is 11.1 Å². The summed E-state index contributed by atoms with van der Waals surface area (Å²) >= 11 is 0. The quantitative estimate of drug-likeness (QED) is 0.888. The van der Waals surface area contributed by atoms with E-state index >= 15 is 0 Å². The molecule has 0 aliphatic carbocycles. The minimum atomic E-state index is -0.0307. The van der Waals surface area contributed by atoms with Crippen LogP contribution >= 0.6 is 0 Å². The van der Waals surface area contributed by atoms with Gasteiger partial charge in [-0.2, -0.15) is 0 Å². The number of aliphatic hydroxyl groups excluding tert-OH is 1. The highest BCUT2D eigenvalue weighted by atomic mass is 16.5. The lowest BCUT2D eigenvalue weighted by Gasteiger charge is -2.34. The van der Waals surface area contributed by atoms with E-state index in [4.69, 9.17) is 9.47 Å². The first-order valence-corrected chi connectivity index (χ1v) is 6.21. The molecule has 0 fully saturated rings. The zero-order valence-electron chi connectivity index (χ0n) is 11.5. The largest absolute Gasteiger partial charge is 0.496 e.